The molecule has 0 aliphatic carbocycles. The number of carboxylic acids is 1. The summed E-state index contributed by atoms with van der Waals surface area (Å²) in [5.41, 5.74) is 7.33. The average molecular weight is 531 g/mol. The first-order chi connectivity index (χ1) is 17.9. The van der Waals surface area contributed by atoms with Crippen LogP contribution in [0.2, 0.25) is 0 Å². The lowest BCUT2D eigenvalue weighted by molar-refractivity contribution is -0.143. The fourth-order valence-electron chi connectivity index (χ4n) is 3.82. The number of rotatable bonds is 14. The van der Waals surface area contributed by atoms with Gasteiger partial charge in [0.25, 0.3) is 0 Å². The smallest absolute Gasteiger partial charge is 0.326 e. The Morgan fingerprint density at radius 1 is 0.921 bits per heavy atom. The summed E-state index contributed by atoms with van der Waals surface area (Å²) in [6.07, 6.45) is 3.54. The van der Waals surface area contributed by atoms with E-state index in [4.69, 9.17) is 5.73 Å². The largest absolute Gasteiger partial charge is 0.508 e. The fraction of sp³-hybridized carbons (Fsp3) is 0.500. The number of aliphatic carboxylic acids is 1. The van der Waals surface area contributed by atoms with Crippen molar-refractivity contribution in [1.29, 1.82) is 0 Å². The average Bonchev–Trinajstić information content (AvgIpc) is 3.35. The molecule has 0 radical (unpaired) electrons. The lowest BCUT2D eigenvalue weighted by Gasteiger charge is -2.27. The third-order valence-electron chi connectivity index (χ3n) is 5.91. The molecule has 8 N–H and O–H groups in total. The number of hydrogen-bond acceptors (Lipinski definition) is 7. The number of phenolic OH excluding ortho intramolecular Hbond substituents is 1. The minimum Gasteiger partial charge on any atom is -0.508 e. The molecule has 4 unspecified atom stereocenters. The molecule has 12 heteroatoms. The highest BCUT2D eigenvalue weighted by molar-refractivity contribution is 5.94. The number of carboxylic acid groups (broad SMARTS) is 1. The van der Waals surface area contributed by atoms with Crippen LogP contribution in [0.1, 0.15) is 45.4 Å². The van der Waals surface area contributed by atoms with Crippen molar-refractivity contribution < 1.29 is 29.4 Å². The van der Waals surface area contributed by atoms with Gasteiger partial charge >= 0.3 is 5.97 Å². The molecule has 3 amide bonds. The second-order valence-electron chi connectivity index (χ2n) is 10.1. The van der Waals surface area contributed by atoms with Crippen molar-refractivity contribution >= 4 is 23.7 Å². The molecule has 2 rings (SSSR count). The highest BCUT2D eigenvalue weighted by Gasteiger charge is 2.32. The summed E-state index contributed by atoms with van der Waals surface area (Å²) in [7, 11) is 0. The van der Waals surface area contributed by atoms with Crippen LogP contribution in [0.5, 0.6) is 5.75 Å². The number of nitrogens with one attached hydrogen (secondary N) is 4. The van der Waals surface area contributed by atoms with Gasteiger partial charge in [-0.3, -0.25) is 14.4 Å². The van der Waals surface area contributed by atoms with Crippen molar-refractivity contribution in [3.05, 3.63) is 48.0 Å². The first-order valence-electron chi connectivity index (χ1n) is 12.5. The van der Waals surface area contributed by atoms with Crippen LogP contribution in [0.3, 0.4) is 0 Å². The predicted molar refractivity (Wildman–Crippen MR) is 140 cm³/mol. The minimum absolute atomic E-state index is 0.0246. The molecule has 0 aliphatic heterocycles. The molecule has 0 spiro atoms. The van der Waals surface area contributed by atoms with Gasteiger partial charge in [-0.25, -0.2) is 9.78 Å². The number of phenols is 1. The molecule has 38 heavy (non-hydrogen) atoms. The van der Waals surface area contributed by atoms with E-state index >= 15 is 0 Å². The van der Waals surface area contributed by atoms with Crippen molar-refractivity contribution in [3.8, 4) is 5.75 Å². The number of amides is 3. The maximum atomic E-state index is 13.3. The SMILES string of the molecule is CC(C)CC(NC(=O)C(N)Cc1cnc[nH]1)C(=O)NC(Cc1ccc(O)cc1)C(=O)NC(C(=O)O)C(C)C. The molecule has 0 saturated heterocycles. The van der Waals surface area contributed by atoms with Crippen LogP contribution in [0.25, 0.3) is 0 Å². The molecule has 1 aromatic heterocycles. The maximum Gasteiger partial charge on any atom is 0.326 e. The van der Waals surface area contributed by atoms with Crippen molar-refractivity contribution in [2.75, 3.05) is 0 Å². The Hall–Kier alpha value is -3.93. The van der Waals surface area contributed by atoms with E-state index in [1.54, 1.807) is 32.2 Å². The highest BCUT2D eigenvalue weighted by Crippen LogP contribution is 2.13. The number of nitrogens with zero attached hydrogens (tertiary/aromatic N) is 1. The highest BCUT2D eigenvalue weighted by atomic mass is 16.4. The number of aromatic amines is 1. The number of H-pyrrole nitrogens is 1. The third-order valence-corrected chi connectivity index (χ3v) is 5.91. The molecule has 0 fully saturated rings. The van der Waals surface area contributed by atoms with Crippen molar-refractivity contribution in [1.82, 2.24) is 25.9 Å². The Bertz CT molecular complexity index is 1070. The van der Waals surface area contributed by atoms with Crippen molar-refractivity contribution in [3.63, 3.8) is 0 Å². The van der Waals surface area contributed by atoms with Crippen LogP contribution in [-0.2, 0) is 32.0 Å². The Balaban J connectivity index is 2.22. The number of benzene rings is 1. The van der Waals surface area contributed by atoms with E-state index in [2.05, 4.69) is 25.9 Å². The number of carbonyl (C=O) groups is 4. The van der Waals surface area contributed by atoms with Crippen molar-refractivity contribution in [2.24, 2.45) is 17.6 Å². The van der Waals surface area contributed by atoms with Gasteiger partial charge in [0.1, 0.15) is 23.9 Å². The van der Waals surface area contributed by atoms with Crippen LogP contribution in [0.4, 0.5) is 0 Å². The zero-order chi connectivity index (χ0) is 28.4. The van der Waals surface area contributed by atoms with E-state index in [1.165, 1.54) is 18.5 Å². The monoisotopic (exact) mass is 530 g/mol. The molecule has 208 valence electrons. The first kappa shape index (κ1) is 30.3. The van der Waals surface area contributed by atoms with Crippen LogP contribution in [-0.4, -0.2) is 68.0 Å². The van der Waals surface area contributed by atoms with Gasteiger partial charge in [-0.2, -0.15) is 0 Å². The van der Waals surface area contributed by atoms with Crippen LogP contribution in [0, 0.1) is 11.8 Å². The maximum absolute atomic E-state index is 13.3. The number of imidazole rings is 1. The Labute approximate surface area is 221 Å². The van der Waals surface area contributed by atoms with E-state index in [9.17, 15) is 29.4 Å². The molecule has 0 saturated carbocycles. The Morgan fingerprint density at radius 2 is 1.53 bits per heavy atom. The summed E-state index contributed by atoms with van der Waals surface area (Å²) in [4.78, 5) is 57.7. The Kier molecular flexibility index (Phi) is 11.3. The first-order valence-corrected chi connectivity index (χ1v) is 12.5. The van der Waals surface area contributed by atoms with Gasteiger partial charge in [0.2, 0.25) is 17.7 Å². The summed E-state index contributed by atoms with van der Waals surface area (Å²) in [5, 5.41) is 27.0. The standard InChI is InChI=1S/C26H38N6O6/c1-14(2)9-20(30-23(34)19(27)11-17-12-28-13-29-17)24(35)31-21(10-16-5-7-18(33)8-6-16)25(36)32-22(15(3)4)26(37)38/h5-8,12-15,19-22,33H,9-11,27H2,1-4H3,(H,28,29)(H,30,34)(H,31,35)(H,32,36)(H,37,38). The minimum atomic E-state index is -1.20. The van der Waals surface area contributed by atoms with Gasteiger partial charge in [0.05, 0.1) is 12.4 Å². The topological polar surface area (TPSA) is 200 Å². The van der Waals surface area contributed by atoms with E-state index in [-0.39, 0.29) is 30.9 Å². The zero-order valence-electron chi connectivity index (χ0n) is 22.1. The van der Waals surface area contributed by atoms with Crippen LogP contribution >= 0.6 is 0 Å². The van der Waals surface area contributed by atoms with Crippen LogP contribution < -0.4 is 21.7 Å². The van der Waals surface area contributed by atoms with E-state index in [1.807, 2.05) is 13.8 Å². The molecule has 1 heterocycles. The zero-order valence-corrected chi connectivity index (χ0v) is 22.1. The summed E-state index contributed by atoms with van der Waals surface area (Å²) in [6.45, 7) is 7.09. The van der Waals surface area contributed by atoms with Crippen LogP contribution in [0.15, 0.2) is 36.8 Å². The van der Waals surface area contributed by atoms with E-state index < -0.39 is 53.8 Å². The van der Waals surface area contributed by atoms with E-state index in [0.29, 0.717) is 11.3 Å². The number of aromatic nitrogens is 2. The third kappa shape index (κ3) is 9.51. The van der Waals surface area contributed by atoms with Crippen molar-refractivity contribution in [2.45, 2.75) is 71.1 Å². The van der Waals surface area contributed by atoms with Gasteiger partial charge in [0.15, 0.2) is 0 Å². The second kappa shape index (κ2) is 14.1. The lowest BCUT2D eigenvalue weighted by Crippen LogP contribution is -2.58. The molecule has 12 nitrogen and oxygen atoms in total. The molecule has 4 atom stereocenters. The van der Waals surface area contributed by atoms with Gasteiger partial charge < -0.3 is 36.9 Å². The van der Waals surface area contributed by atoms with Gasteiger partial charge in [-0.15, -0.1) is 0 Å². The fourth-order valence-corrected chi connectivity index (χ4v) is 3.82. The lowest BCUT2D eigenvalue weighted by atomic mass is 9.99. The Morgan fingerprint density at radius 3 is 2.05 bits per heavy atom. The van der Waals surface area contributed by atoms with E-state index in [0.717, 1.165) is 0 Å². The molecule has 2 aromatic rings. The number of nitrogens with two attached hydrogens (primary N) is 1. The quantitative estimate of drug-likeness (QED) is 0.183. The summed E-state index contributed by atoms with van der Waals surface area (Å²) in [6, 6.07) is 1.88. The summed E-state index contributed by atoms with van der Waals surface area (Å²) < 4.78 is 0. The van der Waals surface area contributed by atoms with Gasteiger partial charge in [-0.05, 0) is 36.0 Å². The second-order valence-corrected chi connectivity index (χ2v) is 10.1. The molecule has 1 aromatic carbocycles. The number of hydrogen-bond donors (Lipinski definition) is 7. The normalized spacial score (nSPS) is 14.4. The molecular weight excluding hydrogens is 492 g/mol. The molecular formula is C26H38N6O6. The summed E-state index contributed by atoms with van der Waals surface area (Å²) >= 11 is 0. The summed E-state index contributed by atoms with van der Waals surface area (Å²) in [5.74, 6) is -3.35. The number of aromatic hydroxyl groups is 1. The molecule has 0 aliphatic rings. The molecule has 0 bridgehead atoms. The van der Waals surface area contributed by atoms with Gasteiger partial charge in [0, 0.05) is 24.7 Å². The van der Waals surface area contributed by atoms with Gasteiger partial charge in [-0.1, -0.05) is 39.8 Å². The number of carbonyl (C=O) groups excluding carboxylic acids is 3. The predicted octanol–water partition coefficient (Wildman–Crippen LogP) is 0.469.